The van der Waals surface area contributed by atoms with Gasteiger partial charge in [-0.2, -0.15) is 0 Å². The number of hydrogen-bond acceptors (Lipinski definition) is 10. The van der Waals surface area contributed by atoms with Crippen LogP contribution in [0, 0.1) is 0 Å². The number of unbranched alkanes of at least 4 members (excludes halogenated alkanes) is 14. The summed E-state index contributed by atoms with van der Waals surface area (Å²) in [6.07, 6.45) is 34.1. The largest absolute Gasteiger partial charge is 0.756 e. The number of nitrogens with zero attached hydrogens (tertiary/aromatic N) is 1. The van der Waals surface area contributed by atoms with Crippen LogP contribution in [0.2, 0.25) is 0 Å². The van der Waals surface area contributed by atoms with Crippen LogP contribution in [0.25, 0.3) is 0 Å². The molecule has 0 aliphatic heterocycles. The second-order valence-corrected chi connectivity index (χ2v) is 17.0. The van der Waals surface area contributed by atoms with Gasteiger partial charge in [0.2, 0.25) is 0 Å². The number of quaternary nitrogens is 1. The molecule has 0 aromatic heterocycles. The molecule has 5 atom stereocenters. The lowest BCUT2D eigenvalue weighted by Crippen LogP contribution is -2.37. The van der Waals surface area contributed by atoms with Gasteiger partial charge >= 0.3 is 5.97 Å². The van der Waals surface area contributed by atoms with Crippen molar-refractivity contribution in [3.63, 3.8) is 0 Å². The molecule has 0 amide bonds. The quantitative estimate of drug-likeness (QED) is 0.0138. The van der Waals surface area contributed by atoms with Gasteiger partial charge in [0.1, 0.15) is 19.8 Å². The van der Waals surface area contributed by atoms with E-state index in [2.05, 4.69) is 13.8 Å². The molecule has 12 heteroatoms. The summed E-state index contributed by atoms with van der Waals surface area (Å²) in [5, 5.41) is 30.5. The van der Waals surface area contributed by atoms with E-state index in [4.69, 9.17) is 18.5 Å². The van der Waals surface area contributed by atoms with Crippen LogP contribution >= 0.6 is 7.82 Å². The van der Waals surface area contributed by atoms with E-state index in [1.54, 1.807) is 36.5 Å². The summed E-state index contributed by atoms with van der Waals surface area (Å²) < 4.78 is 34.0. The highest BCUT2D eigenvalue weighted by Gasteiger charge is 2.20. The third kappa shape index (κ3) is 37.5. The van der Waals surface area contributed by atoms with E-state index in [1.807, 2.05) is 33.3 Å². The first-order chi connectivity index (χ1) is 26.8. The number of aliphatic hydroxyl groups is 3. The Kier molecular flexibility index (Phi) is 34.7. The standard InChI is InChI=1S/C44H80NO10P/c1-6-8-10-11-12-13-14-15-16-17-18-21-24-28-36-52-41(39-55-56(50,51)54-37-35-45(3,4)5)38-53-44(49)34-29-33-43(48)42(47)32-27-23-20-19-22-26-31-40(46)30-25-9-7-2/h19-20,22-23,26-28,31-32,36,40-43,46-48H,6-18,21,24-25,29-30,33-35,37-39H2,1-5H3/b22-19-,23-20+,31-26+,32-27+,36-28+/t40-,41-,42-,43-/m1/s1. The van der Waals surface area contributed by atoms with E-state index in [9.17, 15) is 29.6 Å². The second-order valence-electron chi connectivity index (χ2n) is 15.6. The SMILES string of the molecule is CCCCCCCCCCCCCC/C=C/O[C@H](COC(=O)CCC[C@@H](O)[C@H](O)/C=C/C=C/C=C\C=C\[C@H](O)CCCCC)COP(=O)([O-])OCC[N+](C)(C)C. The van der Waals surface area contributed by atoms with Crippen molar-refractivity contribution in [2.45, 2.75) is 167 Å². The molecular formula is C44H80NO10P. The Labute approximate surface area is 340 Å². The van der Waals surface area contributed by atoms with Crippen molar-refractivity contribution >= 4 is 13.8 Å². The van der Waals surface area contributed by atoms with Gasteiger partial charge in [-0.15, -0.1) is 0 Å². The van der Waals surface area contributed by atoms with E-state index in [0.717, 1.165) is 44.9 Å². The van der Waals surface area contributed by atoms with Crippen molar-refractivity contribution < 1.29 is 52.6 Å². The molecule has 0 saturated carbocycles. The molecule has 1 unspecified atom stereocenters. The Balaban J connectivity index is 4.65. The maximum atomic E-state index is 12.5. The molecule has 56 heavy (non-hydrogen) atoms. The molecule has 0 spiro atoms. The average Bonchev–Trinajstić information content (AvgIpc) is 3.14. The maximum Gasteiger partial charge on any atom is 0.305 e. The van der Waals surface area contributed by atoms with E-state index in [-0.39, 0.29) is 39.1 Å². The second kappa shape index (κ2) is 36.0. The van der Waals surface area contributed by atoms with E-state index in [0.29, 0.717) is 11.0 Å². The number of phosphoric acid groups is 1. The van der Waals surface area contributed by atoms with E-state index >= 15 is 0 Å². The van der Waals surface area contributed by atoms with Gasteiger partial charge in [0.15, 0.2) is 6.10 Å². The predicted molar refractivity (Wildman–Crippen MR) is 226 cm³/mol. The van der Waals surface area contributed by atoms with Crippen LogP contribution in [0.5, 0.6) is 0 Å². The summed E-state index contributed by atoms with van der Waals surface area (Å²) in [5.74, 6) is -0.543. The fourth-order valence-corrected chi connectivity index (χ4v) is 6.17. The van der Waals surface area contributed by atoms with Crippen LogP contribution in [0.4, 0.5) is 0 Å². The molecule has 0 aliphatic carbocycles. The van der Waals surface area contributed by atoms with Crippen molar-refractivity contribution in [1.82, 2.24) is 0 Å². The van der Waals surface area contributed by atoms with Gasteiger partial charge < -0.3 is 43.2 Å². The van der Waals surface area contributed by atoms with Crippen LogP contribution in [0.15, 0.2) is 60.9 Å². The molecule has 0 fully saturated rings. The highest BCUT2D eigenvalue weighted by molar-refractivity contribution is 7.45. The molecule has 0 saturated heterocycles. The molecular weight excluding hydrogens is 733 g/mol. The average molecular weight is 814 g/mol. The Hall–Kier alpha value is -2.08. The summed E-state index contributed by atoms with van der Waals surface area (Å²) in [5.41, 5.74) is 0. The number of phosphoric ester groups is 1. The Morgan fingerprint density at radius 2 is 1.25 bits per heavy atom. The summed E-state index contributed by atoms with van der Waals surface area (Å²) in [4.78, 5) is 24.8. The summed E-state index contributed by atoms with van der Waals surface area (Å²) >= 11 is 0. The van der Waals surface area contributed by atoms with Gasteiger partial charge in [0.05, 0.1) is 52.3 Å². The molecule has 326 valence electrons. The van der Waals surface area contributed by atoms with E-state index < -0.39 is 38.2 Å². The minimum atomic E-state index is -4.60. The molecule has 0 aromatic carbocycles. The van der Waals surface area contributed by atoms with Gasteiger partial charge in [-0.05, 0) is 38.2 Å². The third-order valence-corrected chi connectivity index (χ3v) is 9.99. The normalized spacial score (nSPS) is 16.0. The van der Waals surface area contributed by atoms with Crippen molar-refractivity contribution in [3.05, 3.63) is 60.9 Å². The van der Waals surface area contributed by atoms with Gasteiger partial charge in [0.25, 0.3) is 7.82 Å². The molecule has 0 rings (SSSR count). The number of allylic oxidation sites excluding steroid dienone is 7. The third-order valence-electron chi connectivity index (χ3n) is 9.03. The van der Waals surface area contributed by atoms with Crippen LogP contribution in [-0.4, -0.2) is 97.7 Å². The number of hydrogen-bond donors (Lipinski definition) is 3. The van der Waals surface area contributed by atoms with Gasteiger partial charge in [-0.3, -0.25) is 9.36 Å². The lowest BCUT2D eigenvalue weighted by molar-refractivity contribution is -0.870. The Morgan fingerprint density at radius 1 is 0.696 bits per heavy atom. The van der Waals surface area contributed by atoms with Crippen LogP contribution in [0.1, 0.15) is 142 Å². The number of esters is 1. The number of carbonyl (C=O) groups excluding carboxylic acids is 1. The number of carbonyl (C=O) groups is 1. The first-order valence-electron chi connectivity index (χ1n) is 21.4. The summed E-state index contributed by atoms with van der Waals surface area (Å²) in [6, 6.07) is 0. The van der Waals surface area contributed by atoms with Gasteiger partial charge in [-0.1, -0.05) is 152 Å². The highest BCUT2D eigenvalue weighted by Crippen LogP contribution is 2.38. The first kappa shape index (κ1) is 53.9. The zero-order chi connectivity index (χ0) is 41.8. The lowest BCUT2D eigenvalue weighted by Gasteiger charge is -2.28. The van der Waals surface area contributed by atoms with Crippen molar-refractivity contribution in [1.29, 1.82) is 0 Å². The van der Waals surface area contributed by atoms with Crippen molar-refractivity contribution in [3.8, 4) is 0 Å². The summed E-state index contributed by atoms with van der Waals surface area (Å²) in [7, 11) is 1.17. The zero-order valence-corrected chi connectivity index (χ0v) is 36.5. The van der Waals surface area contributed by atoms with Gasteiger partial charge in [0, 0.05) is 6.42 Å². The predicted octanol–water partition coefficient (Wildman–Crippen LogP) is 8.79. The monoisotopic (exact) mass is 814 g/mol. The van der Waals surface area contributed by atoms with Crippen molar-refractivity contribution in [2.75, 3.05) is 47.5 Å². The van der Waals surface area contributed by atoms with Crippen LogP contribution in [0.3, 0.4) is 0 Å². The Bertz CT molecular complexity index is 1130. The summed E-state index contributed by atoms with van der Waals surface area (Å²) in [6.45, 7) is 4.19. The lowest BCUT2D eigenvalue weighted by atomic mass is 10.0. The number of rotatable bonds is 38. The fraction of sp³-hybridized carbons (Fsp3) is 0.750. The molecule has 0 radical (unpaired) electrons. The van der Waals surface area contributed by atoms with Crippen molar-refractivity contribution in [2.24, 2.45) is 0 Å². The van der Waals surface area contributed by atoms with Crippen LogP contribution in [-0.2, 0) is 27.9 Å². The molecule has 0 aliphatic rings. The fourth-order valence-electron chi connectivity index (χ4n) is 5.44. The Morgan fingerprint density at radius 3 is 1.86 bits per heavy atom. The number of likely N-dealkylation sites (N-methyl/N-ethyl adjacent to an activating group) is 1. The smallest absolute Gasteiger partial charge is 0.305 e. The molecule has 0 aromatic rings. The molecule has 11 nitrogen and oxygen atoms in total. The minimum absolute atomic E-state index is 0.00437. The topological polar surface area (TPSA) is 155 Å². The number of aliphatic hydroxyl groups excluding tert-OH is 3. The molecule has 0 bridgehead atoms. The minimum Gasteiger partial charge on any atom is -0.756 e. The first-order valence-corrected chi connectivity index (χ1v) is 22.8. The molecule has 3 N–H and O–H groups in total. The zero-order valence-electron chi connectivity index (χ0n) is 35.6. The number of ether oxygens (including phenoxy) is 2. The molecule has 0 heterocycles. The van der Waals surface area contributed by atoms with E-state index in [1.165, 1.54) is 76.5 Å². The highest BCUT2D eigenvalue weighted by atomic mass is 31.2. The van der Waals surface area contributed by atoms with Crippen LogP contribution < -0.4 is 4.89 Å². The van der Waals surface area contributed by atoms with Gasteiger partial charge in [-0.25, -0.2) is 0 Å². The maximum absolute atomic E-state index is 12.5.